The fourth-order valence-electron chi connectivity index (χ4n) is 2.84. The van der Waals surface area contributed by atoms with Crippen LogP contribution in [0.2, 0.25) is 0 Å². The summed E-state index contributed by atoms with van der Waals surface area (Å²) >= 11 is 0. The molecule has 0 spiro atoms. The minimum atomic E-state index is 0.0450. The third-order valence-electron chi connectivity index (χ3n) is 3.85. The van der Waals surface area contributed by atoms with Crippen molar-refractivity contribution in [2.75, 3.05) is 11.4 Å². The van der Waals surface area contributed by atoms with Crippen molar-refractivity contribution in [3.63, 3.8) is 0 Å². The van der Waals surface area contributed by atoms with Gasteiger partial charge >= 0.3 is 0 Å². The second-order valence-electron chi connectivity index (χ2n) is 5.00. The largest absolute Gasteiger partial charge is 0.392 e. The van der Waals surface area contributed by atoms with Crippen LogP contribution < -0.4 is 4.90 Å². The molecule has 3 heteroatoms. The average molecular weight is 242 g/mol. The zero-order valence-corrected chi connectivity index (χ0v) is 10.6. The topological polar surface area (TPSA) is 36.4 Å². The summed E-state index contributed by atoms with van der Waals surface area (Å²) in [5.41, 5.74) is 0.904. The lowest BCUT2D eigenvalue weighted by atomic mass is 10.1. The molecule has 0 aliphatic carbocycles. The van der Waals surface area contributed by atoms with E-state index in [9.17, 15) is 5.11 Å². The van der Waals surface area contributed by atoms with Crippen LogP contribution in [0.5, 0.6) is 0 Å². The summed E-state index contributed by atoms with van der Waals surface area (Å²) in [5, 5.41) is 11.7. The predicted octanol–water partition coefficient (Wildman–Crippen LogP) is 2.72. The molecule has 1 atom stereocenters. The highest BCUT2D eigenvalue weighted by atomic mass is 16.3. The Hall–Kier alpha value is -1.61. The van der Waals surface area contributed by atoms with Gasteiger partial charge in [-0.15, -0.1) is 0 Å². The van der Waals surface area contributed by atoms with E-state index in [1.807, 2.05) is 18.3 Å². The van der Waals surface area contributed by atoms with Crippen molar-refractivity contribution in [2.45, 2.75) is 32.4 Å². The molecule has 1 fully saturated rings. The van der Waals surface area contributed by atoms with Gasteiger partial charge in [0.05, 0.1) is 6.61 Å². The molecule has 1 aliphatic rings. The van der Waals surface area contributed by atoms with Gasteiger partial charge in [-0.3, -0.25) is 0 Å². The van der Waals surface area contributed by atoms with Gasteiger partial charge in [-0.05, 0) is 25.2 Å². The first-order valence-electron chi connectivity index (χ1n) is 6.55. The van der Waals surface area contributed by atoms with Crippen LogP contribution in [0.15, 0.2) is 30.5 Å². The molecule has 1 N–H and O–H groups in total. The monoisotopic (exact) mass is 242 g/mol. The minimum Gasteiger partial charge on any atom is -0.392 e. The van der Waals surface area contributed by atoms with Gasteiger partial charge in [-0.25, -0.2) is 4.98 Å². The Kier molecular flexibility index (Phi) is 2.92. The third-order valence-corrected chi connectivity index (χ3v) is 3.85. The summed E-state index contributed by atoms with van der Waals surface area (Å²) < 4.78 is 0. The SMILES string of the molecule is CC1CCCN1c1ncc(CO)c2ccccc12. The van der Waals surface area contributed by atoms with Gasteiger partial charge in [0.15, 0.2) is 0 Å². The number of fused-ring (bicyclic) bond motifs is 1. The highest BCUT2D eigenvalue weighted by Gasteiger charge is 2.23. The minimum absolute atomic E-state index is 0.0450. The number of aromatic nitrogens is 1. The standard InChI is InChI=1S/C15H18N2O/c1-11-5-4-8-17(11)15-14-7-3-2-6-13(14)12(10-18)9-16-15/h2-3,6-7,9,11,18H,4-5,8,10H2,1H3. The molecule has 0 saturated carbocycles. The van der Waals surface area contributed by atoms with E-state index in [0.717, 1.165) is 28.7 Å². The van der Waals surface area contributed by atoms with Gasteiger partial charge in [0, 0.05) is 29.7 Å². The van der Waals surface area contributed by atoms with Gasteiger partial charge in [-0.2, -0.15) is 0 Å². The van der Waals surface area contributed by atoms with Crippen molar-refractivity contribution in [3.05, 3.63) is 36.0 Å². The fourth-order valence-corrected chi connectivity index (χ4v) is 2.84. The normalized spacial score (nSPS) is 19.7. The van der Waals surface area contributed by atoms with Crippen molar-refractivity contribution >= 4 is 16.6 Å². The van der Waals surface area contributed by atoms with Crippen LogP contribution in [0.4, 0.5) is 5.82 Å². The van der Waals surface area contributed by atoms with E-state index in [2.05, 4.69) is 28.9 Å². The number of pyridine rings is 1. The number of aliphatic hydroxyl groups is 1. The Labute approximate surface area is 107 Å². The smallest absolute Gasteiger partial charge is 0.136 e. The summed E-state index contributed by atoms with van der Waals surface area (Å²) in [5.74, 6) is 1.06. The van der Waals surface area contributed by atoms with E-state index in [1.165, 1.54) is 12.8 Å². The van der Waals surface area contributed by atoms with Crippen molar-refractivity contribution in [3.8, 4) is 0 Å². The Morgan fingerprint density at radius 2 is 2.11 bits per heavy atom. The summed E-state index contributed by atoms with van der Waals surface area (Å²) in [6.45, 7) is 3.38. The van der Waals surface area contributed by atoms with Crippen LogP contribution in [-0.2, 0) is 6.61 Å². The van der Waals surface area contributed by atoms with Crippen LogP contribution in [0, 0.1) is 0 Å². The maximum Gasteiger partial charge on any atom is 0.136 e. The van der Waals surface area contributed by atoms with Crippen LogP contribution >= 0.6 is 0 Å². The molecule has 1 aromatic heterocycles. The molecule has 3 rings (SSSR count). The maximum atomic E-state index is 9.39. The Morgan fingerprint density at radius 1 is 1.33 bits per heavy atom. The molecule has 1 aromatic carbocycles. The Balaban J connectivity index is 2.18. The average Bonchev–Trinajstić information content (AvgIpc) is 2.83. The third kappa shape index (κ3) is 1.75. The molecule has 0 bridgehead atoms. The molecule has 0 amide bonds. The molecule has 1 saturated heterocycles. The van der Waals surface area contributed by atoms with Gasteiger partial charge in [-0.1, -0.05) is 24.3 Å². The lowest BCUT2D eigenvalue weighted by Crippen LogP contribution is -2.27. The number of hydrogen-bond acceptors (Lipinski definition) is 3. The summed E-state index contributed by atoms with van der Waals surface area (Å²) in [6.07, 6.45) is 4.28. The van der Waals surface area contributed by atoms with E-state index in [0.29, 0.717) is 6.04 Å². The molecule has 1 unspecified atom stereocenters. The molecule has 94 valence electrons. The predicted molar refractivity (Wildman–Crippen MR) is 73.7 cm³/mol. The zero-order valence-electron chi connectivity index (χ0n) is 10.6. The highest BCUT2D eigenvalue weighted by Crippen LogP contribution is 2.31. The molecule has 2 aromatic rings. The Morgan fingerprint density at radius 3 is 2.78 bits per heavy atom. The summed E-state index contributed by atoms with van der Waals surface area (Å²) in [4.78, 5) is 6.95. The quantitative estimate of drug-likeness (QED) is 0.879. The highest BCUT2D eigenvalue weighted by molar-refractivity contribution is 5.94. The number of benzene rings is 1. The van der Waals surface area contributed by atoms with E-state index in [-0.39, 0.29) is 6.61 Å². The van der Waals surface area contributed by atoms with Crippen LogP contribution in [0.3, 0.4) is 0 Å². The maximum absolute atomic E-state index is 9.39. The zero-order chi connectivity index (χ0) is 12.5. The summed E-state index contributed by atoms with van der Waals surface area (Å²) in [6, 6.07) is 8.77. The number of rotatable bonds is 2. The van der Waals surface area contributed by atoms with Crippen molar-refractivity contribution in [2.24, 2.45) is 0 Å². The van der Waals surface area contributed by atoms with Crippen LogP contribution in [0.25, 0.3) is 10.8 Å². The van der Waals surface area contributed by atoms with Crippen LogP contribution in [-0.4, -0.2) is 22.7 Å². The first-order chi connectivity index (χ1) is 8.81. The van der Waals surface area contributed by atoms with E-state index in [4.69, 9.17) is 0 Å². The second-order valence-corrected chi connectivity index (χ2v) is 5.00. The van der Waals surface area contributed by atoms with Crippen molar-refractivity contribution < 1.29 is 5.11 Å². The molecular formula is C15H18N2O. The van der Waals surface area contributed by atoms with Gasteiger partial charge < -0.3 is 10.0 Å². The van der Waals surface area contributed by atoms with Crippen LogP contribution in [0.1, 0.15) is 25.3 Å². The van der Waals surface area contributed by atoms with Gasteiger partial charge in [0.1, 0.15) is 5.82 Å². The number of hydrogen-bond donors (Lipinski definition) is 1. The molecule has 1 aliphatic heterocycles. The van der Waals surface area contributed by atoms with Gasteiger partial charge in [0.25, 0.3) is 0 Å². The number of aliphatic hydroxyl groups excluding tert-OH is 1. The number of nitrogens with zero attached hydrogens (tertiary/aromatic N) is 2. The molecule has 2 heterocycles. The second kappa shape index (κ2) is 4.58. The van der Waals surface area contributed by atoms with Crippen molar-refractivity contribution in [1.29, 1.82) is 0 Å². The van der Waals surface area contributed by atoms with Gasteiger partial charge in [0.2, 0.25) is 0 Å². The molecule has 0 radical (unpaired) electrons. The first kappa shape index (κ1) is 11.5. The molecular weight excluding hydrogens is 224 g/mol. The fraction of sp³-hybridized carbons (Fsp3) is 0.400. The molecule has 3 nitrogen and oxygen atoms in total. The van der Waals surface area contributed by atoms with E-state index in [1.54, 1.807) is 0 Å². The van der Waals surface area contributed by atoms with E-state index >= 15 is 0 Å². The van der Waals surface area contributed by atoms with E-state index < -0.39 is 0 Å². The molecule has 18 heavy (non-hydrogen) atoms. The van der Waals surface area contributed by atoms with Crippen molar-refractivity contribution in [1.82, 2.24) is 4.98 Å². The first-order valence-corrected chi connectivity index (χ1v) is 6.55. The summed E-state index contributed by atoms with van der Waals surface area (Å²) in [7, 11) is 0. The Bertz CT molecular complexity index is 567. The number of anilines is 1. The lowest BCUT2D eigenvalue weighted by molar-refractivity contribution is 0.283. The lowest BCUT2D eigenvalue weighted by Gasteiger charge is -2.24.